The minimum absolute atomic E-state index is 0.132. The van der Waals surface area contributed by atoms with Crippen molar-refractivity contribution >= 4 is 45.8 Å². The number of rotatable bonds is 10. The highest BCUT2D eigenvalue weighted by Crippen LogP contribution is 2.46. The molecule has 1 unspecified atom stereocenters. The van der Waals surface area contributed by atoms with Crippen LogP contribution in [0.4, 0.5) is 14.0 Å². The van der Waals surface area contributed by atoms with Crippen LogP contribution in [0.5, 0.6) is 0 Å². The Balaban J connectivity index is 1.06. The number of ether oxygens (including phenoxy) is 2. The van der Waals surface area contributed by atoms with E-state index in [0.29, 0.717) is 55.3 Å². The van der Waals surface area contributed by atoms with Crippen LogP contribution < -0.4 is 10.6 Å². The van der Waals surface area contributed by atoms with Crippen LogP contribution in [-0.4, -0.2) is 93.1 Å². The standard InChI is InChI=1S/C45H53FN8O6/c1-23(2)37(51-44(57)59-5)42(55)53-19-7-9-34(53)40-47-22-33(49-40)30-15-14-27(29-16-17-31(46)36(29)30)25-11-13-28-26(21-25)12-18-32-39(28)50-41(48-32)35-10-8-20-54(35)43(56)38(24(3)4)52-45(58)60-6/h11-15,18,21-24,31,34-35,37-38H,7-10,16-17,19-20H2,1-6H3,(H,47,49)(H,48,50)(H,51,57)(H,52,58)/t31?,34-,35-,37+,38-/m0/s1. The first kappa shape index (κ1) is 40.8. The number of halogens is 1. The van der Waals surface area contributed by atoms with E-state index in [0.717, 1.165) is 63.3 Å². The predicted molar refractivity (Wildman–Crippen MR) is 224 cm³/mol. The molecule has 0 spiro atoms. The number of carbonyl (C=O) groups is 4. The number of alkyl halides is 1. The van der Waals surface area contributed by atoms with Crippen molar-refractivity contribution in [2.75, 3.05) is 27.3 Å². The van der Waals surface area contributed by atoms with Gasteiger partial charge in [-0.3, -0.25) is 9.59 Å². The quantitative estimate of drug-likeness (QED) is 0.110. The Morgan fingerprint density at radius 2 is 1.40 bits per heavy atom. The summed E-state index contributed by atoms with van der Waals surface area (Å²) in [5, 5.41) is 7.35. The summed E-state index contributed by atoms with van der Waals surface area (Å²) < 4.78 is 25.5. The molecule has 8 rings (SSSR count). The highest BCUT2D eigenvalue weighted by Gasteiger charge is 2.39. The summed E-state index contributed by atoms with van der Waals surface area (Å²) in [6, 6.07) is 12.3. The SMILES string of the molecule is COC(=O)N[C@H](C(=O)N1CCC[C@H]1c1nc2c(ccc3cc(-c4ccc(-c5cnc([C@@H]6CCCN6C(=O)[C@H](NC(=O)OC)C(C)C)[nH]5)c5c4CCC5F)ccc32)[nH]1)C(C)C. The Morgan fingerprint density at radius 1 is 0.783 bits per heavy atom. The molecular weight excluding hydrogens is 768 g/mol. The zero-order valence-electron chi connectivity index (χ0n) is 34.9. The van der Waals surface area contributed by atoms with Gasteiger partial charge in [-0.25, -0.2) is 23.9 Å². The lowest BCUT2D eigenvalue weighted by Crippen LogP contribution is -2.51. The van der Waals surface area contributed by atoms with Crippen molar-refractivity contribution in [2.24, 2.45) is 11.8 Å². The second kappa shape index (κ2) is 16.6. The number of methoxy groups -OCH3 is 2. The van der Waals surface area contributed by atoms with E-state index in [1.165, 1.54) is 14.2 Å². The summed E-state index contributed by atoms with van der Waals surface area (Å²) in [5.74, 6) is 0.713. The van der Waals surface area contributed by atoms with Gasteiger partial charge in [0.25, 0.3) is 0 Å². The lowest BCUT2D eigenvalue weighted by atomic mass is 9.91. The second-order valence-corrected chi connectivity index (χ2v) is 16.9. The van der Waals surface area contributed by atoms with Gasteiger partial charge < -0.3 is 39.9 Å². The number of fused-ring (bicyclic) bond motifs is 4. The molecule has 0 saturated carbocycles. The van der Waals surface area contributed by atoms with E-state index in [9.17, 15) is 19.2 Å². The summed E-state index contributed by atoms with van der Waals surface area (Å²) in [4.78, 5) is 71.8. The molecule has 316 valence electrons. The van der Waals surface area contributed by atoms with E-state index in [1.807, 2.05) is 44.7 Å². The van der Waals surface area contributed by atoms with Gasteiger partial charge in [-0.15, -0.1) is 0 Å². The minimum atomic E-state index is -1.14. The lowest BCUT2D eigenvalue weighted by Gasteiger charge is -2.30. The summed E-state index contributed by atoms with van der Waals surface area (Å²) >= 11 is 0. The van der Waals surface area contributed by atoms with Crippen LogP contribution in [0.3, 0.4) is 0 Å². The van der Waals surface area contributed by atoms with E-state index >= 15 is 4.39 Å². The van der Waals surface area contributed by atoms with Gasteiger partial charge in [-0.2, -0.15) is 0 Å². The molecule has 0 radical (unpaired) electrons. The first-order chi connectivity index (χ1) is 28.9. The monoisotopic (exact) mass is 820 g/mol. The van der Waals surface area contributed by atoms with Crippen LogP contribution in [0.25, 0.3) is 44.2 Å². The average molecular weight is 821 g/mol. The molecule has 15 heteroatoms. The second-order valence-electron chi connectivity index (χ2n) is 16.9. The van der Waals surface area contributed by atoms with Crippen LogP contribution >= 0.6 is 0 Å². The summed E-state index contributed by atoms with van der Waals surface area (Å²) in [6.45, 7) is 8.66. The maximum absolute atomic E-state index is 15.9. The van der Waals surface area contributed by atoms with Crippen LogP contribution in [0.2, 0.25) is 0 Å². The van der Waals surface area contributed by atoms with Crippen molar-refractivity contribution in [1.82, 2.24) is 40.4 Å². The van der Waals surface area contributed by atoms with Gasteiger partial charge in [0.15, 0.2) is 0 Å². The number of hydrogen-bond donors (Lipinski definition) is 4. The fourth-order valence-electron chi connectivity index (χ4n) is 9.39. The third-order valence-corrected chi connectivity index (χ3v) is 12.5. The smallest absolute Gasteiger partial charge is 0.407 e. The number of H-pyrrole nitrogens is 2. The fraction of sp³-hybridized carbons (Fsp3) is 0.467. The number of alkyl carbamates (subject to hydrolysis) is 2. The van der Waals surface area contributed by atoms with Gasteiger partial charge in [-0.05, 0) is 90.1 Å². The van der Waals surface area contributed by atoms with E-state index in [1.54, 1.807) is 11.1 Å². The number of imidazole rings is 2. The molecule has 4 amide bonds. The van der Waals surface area contributed by atoms with Gasteiger partial charge in [0.05, 0.1) is 49.2 Å². The number of likely N-dealkylation sites (tertiary alicyclic amines) is 2. The lowest BCUT2D eigenvalue weighted by molar-refractivity contribution is -0.136. The molecule has 1 aliphatic carbocycles. The van der Waals surface area contributed by atoms with Gasteiger partial charge in [-0.1, -0.05) is 58.0 Å². The third-order valence-electron chi connectivity index (χ3n) is 12.5. The highest BCUT2D eigenvalue weighted by atomic mass is 19.1. The first-order valence-electron chi connectivity index (χ1n) is 21.0. The highest BCUT2D eigenvalue weighted by molar-refractivity contribution is 6.05. The molecule has 5 aromatic rings. The van der Waals surface area contributed by atoms with Crippen molar-refractivity contribution < 1.29 is 33.0 Å². The molecule has 14 nitrogen and oxygen atoms in total. The maximum Gasteiger partial charge on any atom is 0.407 e. The minimum Gasteiger partial charge on any atom is -0.453 e. The Hall–Kier alpha value is -5.99. The maximum atomic E-state index is 15.9. The van der Waals surface area contributed by atoms with Gasteiger partial charge >= 0.3 is 12.2 Å². The molecule has 3 aromatic carbocycles. The largest absolute Gasteiger partial charge is 0.453 e. The van der Waals surface area contributed by atoms with E-state index < -0.39 is 30.4 Å². The predicted octanol–water partition coefficient (Wildman–Crippen LogP) is 7.82. The van der Waals surface area contributed by atoms with Crippen molar-refractivity contribution in [3.63, 3.8) is 0 Å². The summed E-state index contributed by atoms with van der Waals surface area (Å²) in [5.41, 5.74) is 6.71. The number of aromatic nitrogens is 4. The molecule has 5 atom stereocenters. The molecule has 4 heterocycles. The number of nitrogens with one attached hydrogen (secondary N) is 4. The van der Waals surface area contributed by atoms with Crippen molar-refractivity contribution in [2.45, 2.75) is 96.6 Å². The normalized spacial score (nSPS) is 19.9. The van der Waals surface area contributed by atoms with E-state index in [-0.39, 0.29) is 35.7 Å². The Labute approximate surface area is 348 Å². The van der Waals surface area contributed by atoms with Gasteiger partial charge in [0.1, 0.15) is 29.9 Å². The summed E-state index contributed by atoms with van der Waals surface area (Å²) in [7, 11) is 2.56. The Bertz CT molecular complexity index is 2460. The molecule has 2 fully saturated rings. The first-order valence-corrected chi connectivity index (χ1v) is 21.0. The molecule has 2 aromatic heterocycles. The van der Waals surface area contributed by atoms with Crippen molar-refractivity contribution in [3.8, 4) is 22.4 Å². The summed E-state index contributed by atoms with van der Waals surface area (Å²) in [6.07, 6.45) is 3.36. The van der Waals surface area contributed by atoms with Crippen LogP contribution in [-0.2, 0) is 25.5 Å². The number of amides is 4. The van der Waals surface area contributed by atoms with E-state index in [4.69, 9.17) is 19.4 Å². The number of carbonyl (C=O) groups excluding carboxylic acids is 4. The Kier molecular flexibility index (Phi) is 11.3. The molecule has 3 aliphatic rings. The van der Waals surface area contributed by atoms with Crippen LogP contribution in [0.1, 0.15) is 101 Å². The van der Waals surface area contributed by atoms with Gasteiger partial charge in [0, 0.05) is 24.0 Å². The van der Waals surface area contributed by atoms with Crippen LogP contribution in [0, 0.1) is 11.8 Å². The van der Waals surface area contributed by atoms with E-state index in [2.05, 4.69) is 50.9 Å². The molecule has 0 bridgehead atoms. The number of nitrogens with zero attached hydrogens (tertiary/aromatic N) is 4. The van der Waals surface area contributed by atoms with Crippen molar-refractivity contribution in [1.29, 1.82) is 0 Å². The zero-order chi connectivity index (χ0) is 42.4. The molecule has 4 N–H and O–H groups in total. The Morgan fingerprint density at radius 3 is 2.02 bits per heavy atom. The molecule has 2 aliphatic heterocycles. The number of aromatic amines is 2. The molecular formula is C45H53FN8O6. The van der Waals surface area contributed by atoms with Crippen LogP contribution in [0.15, 0.2) is 48.7 Å². The number of benzene rings is 3. The number of hydrogen-bond acceptors (Lipinski definition) is 8. The zero-order valence-corrected chi connectivity index (χ0v) is 34.9. The van der Waals surface area contributed by atoms with Crippen molar-refractivity contribution in [3.05, 3.63) is 71.4 Å². The third kappa shape index (κ3) is 7.42. The topological polar surface area (TPSA) is 175 Å². The molecule has 2 saturated heterocycles. The fourth-order valence-corrected chi connectivity index (χ4v) is 9.39. The van der Waals surface area contributed by atoms with Gasteiger partial charge in [0.2, 0.25) is 11.8 Å². The molecule has 60 heavy (non-hydrogen) atoms. The average Bonchev–Trinajstić information content (AvgIpc) is 4.10.